The molecule has 1 unspecified atom stereocenters. The van der Waals surface area contributed by atoms with Crippen LogP contribution in [-0.4, -0.2) is 17.6 Å². The number of hydrogen-bond acceptors (Lipinski definition) is 4. The minimum absolute atomic E-state index is 0.611. The van der Waals surface area contributed by atoms with Gasteiger partial charge in [0.2, 0.25) is 0 Å². The molecular formula is C10H17N3S. The molecule has 0 aliphatic carbocycles. The Kier molecular flexibility index (Phi) is 3.03. The summed E-state index contributed by atoms with van der Waals surface area (Å²) in [5.41, 5.74) is 5.58. The smallest absolute Gasteiger partial charge is 0.185 e. The largest absolute Gasteiger partial charge is 0.345 e. The molecule has 2 N–H and O–H groups in total. The van der Waals surface area contributed by atoms with Crippen molar-refractivity contribution >= 4 is 16.5 Å². The zero-order chi connectivity index (χ0) is 9.97. The normalized spacial score (nSPS) is 22.7. The molecule has 2 rings (SSSR count). The van der Waals surface area contributed by atoms with Crippen molar-refractivity contribution in [1.29, 1.82) is 0 Å². The molecule has 1 aromatic heterocycles. The number of aromatic nitrogens is 1. The Bertz CT molecular complexity index is 297. The average Bonchev–Trinajstić information content (AvgIpc) is 2.67. The third kappa shape index (κ3) is 1.91. The maximum Gasteiger partial charge on any atom is 0.185 e. The quantitative estimate of drug-likeness (QED) is 0.813. The lowest BCUT2D eigenvalue weighted by Crippen LogP contribution is -2.37. The first-order chi connectivity index (χ1) is 6.81. The van der Waals surface area contributed by atoms with Crippen molar-refractivity contribution in [1.82, 2.24) is 4.98 Å². The maximum absolute atomic E-state index is 5.58. The third-order valence-corrected chi connectivity index (χ3v) is 3.85. The Hall–Kier alpha value is -0.610. The summed E-state index contributed by atoms with van der Waals surface area (Å²) in [6, 6.07) is 0.639. The molecule has 1 saturated heterocycles. The van der Waals surface area contributed by atoms with Gasteiger partial charge in [-0.1, -0.05) is 0 Å². The van der Waals surface area contributed by atoms with E-state index in [9.17, 15) is 0 Å². The predicted molar refractivity (Wildman–Crippen MR) is 60.7 cm³/mol. The minimum atomic E-state index is 0.611. The molecule has 14 heavy (non-hydrogen) atoms. The molecule has 0 radical (unpaired) electrons. The van der Waals surface area contributed by atoms with Crippen LogP contribution in [0.1, 0.15) is 31.1 Å². The zero-order valence-corrected chi connectivity index (χ0v) is 9.39. The summed E-state index contributed by atoms with van der Waals surface area (Å²) in [5, 5.41) is 1.15. The van der Waals surface area contributed by atoms with Crippen LogP contribution in [-0.2, 0) is 6.54 Å². The summed E-state index contributed by atoms with van der Waals surface area (Å²) in [5.74, 6) is 0. The number of rotatable bonds is 2. The molecule has 1 atom stereocenters. The van der Waals surface area contributed by atoms with Crippen molar-refractivity contribution in [3.63, 3.8) is 0 Å². The van der Waals surface area contributed by atoms with E-state index in [1.807, 2.05) is 6.20 Å². The maximum atomic E-state index is 5.58. The van der Waals surface area contributed by atoms with E-state index in [4.69, 9.17) is 5.73 Å². The molecule has 0 aromatic carbocycles. The second-order valence-corrected chi connectivity index (χ2v) is 4.95. The van der Waals surface area contributed by atoms with E-state index < -0.39 is 0 Å². The fourth-order valence-corrected chi connectivity index (χ4v) is 2.82. The Labute approximate surface area is 88.9 Å². The zero-order valence-electron chi connectivity index (χ0n) is 8.57. The van der Waals surface area contributed by atoms with Gasteiger partial charge in [0.15, 0.2) is 5.13 Å². The van der Waals surface area contributed by atoms with Gasteiger partial charge in [-0.05, 0) is 26.2 Å². The summed E-state index contributed by atoms with van der Waals surface area (Å²) >= 11 is 1.73. The Morgan fingerprint density at radius 2 is 2.50 bits per heavy atom. The Morgan fingerprint density at radius 1 is 1.64 bits per heavy atom. The fourth-order valence-electron chi connectivity index (χ4n) is 1.91. The van der Waals surface area contributed by atoms with Gasteiger partial charge in [-0.2, -0.15) is 0 Å². The number of thiazole rings is 1. The molecule has 1 aliphatic rings. The SMILES string of the molecule is CC1CCCCN1c1ncc(CN)s1. The van der Waals surface area contributed by atoms with Gasteiger partial charge in [0.1, 0.15) is 0 Å². The highest BCUT2D eigenvalue weighted by atomic mass is 32.1. The summed E-state index contributed by atoms with van der Waals surface area (Å²) in [7, 11) is 0. The minimum Gasteiger partial charge on any atom is -0.345 e. The lowest BCUT2D eigenvalue weighted by molar-refractivity contribution is 0.484. The monoisotopic (exact) mass is 211 g/mol. The van der Waals surface area contributed by atoms with Gasteiger partial charge in [-0.25, -0.2) is 4.98 Å². The van der Waals surface area contributed by atoms with Crippen LogP contribution in [0.5, 0.6) is 0 Å². The van der Waals surface area contributed by atoms with Crippen LogP contribution in [0.2, 0.25) is 0 Å². The predicted octanol–water partition coefficient (Wildman–Crippen LogP) is 1.98. The highest BCUT2D eigenvalue weighted by Gasteiger charge is 2.20. The topological polar surface area (TPSA) is 42.2 Å². The van der Waals surface area contributed by atoms with Crippen LogP contribution < -0.4 is 10.6 Å². The number of hydrogen-bond donors (Lipinski definition) is 1. The van der Waals surface area contributed by atoms with Gasteiger partial charge in [-0.3, -0.25) is 0 Å². The van der Waals surface area contributed by atoms with Crippen LogP contribution in [0.4, 0.5) is 5.13 Å². The summed E-state index contributed by atoms with van der Waals surface area (Å²) in [6.45, 7) is 4.04. The number of anilines is 1. The molecule has 1 aromatic rings. The van der Waals surface area contributed by atoms with Crippen molar-refractivity contribution in [2.45, 2.75) is 38.8 Å². The highest BCUT2D eigenvalue weighted by molar-refractivity contribution is 7.15. The van der Waals surface area contributed by atoms with Gasteiger partial charge in [0, 0.05) is 30.2 Å². The first-order valence-corrected chi connectivity index (χ1v) is 6.04. The van der Waals surface area contributed by atoms with Crippen molar-refractivity contribution < 1.29 is 0 Å². The van der Waals surface area contributed by atoms with Crippen LogP contribution in [0, 0.1) is 0 Å². The van der Waals surface area contributed by atoms with Crippen LogP contribution >= 0.6 is 11.3 Å². The standard InChI is InChI=1S/C10H17N3S/c1-8-4-2-3-5-13(8)10-12-7-9(6-11)14-10/h7-8H,2-6,11H2,1H3. The number of piperidine rings is 1. The van der Waals surface area contributed by atoms with E-state index in [2.05, 4.69) is 16.8 Å². The first-order valence-electron chi connectivity index (χ1n) is 5.22. The molecule has 78 valence electrons. The third-order valence-electron chi connectivity index (χ3n) is 2.79. The van der Waals surface area contributed by atoms with E-state index in [1.165, 1.54) is 24.1 Å². The molecule has 0 spiro atoms. The van der Waals surface area contributed by atoms with Crippen LogP contribution in [0.3, 0.4) is 0 Å². The Morgan fingerprint density at radius 3 is 3.14 bits per heavy atom. The van der Waals surface area contributed by atoms with Crippen molar-refractivity contribution in [2.75, 3.05) is 11.4 Å². The summed E-state index contributed by atoms with van der Waals surface area (Å²) in [6.07, 6.45) is 5.84. The molecular weight excluding hydrogens is 194 g/mol. The molecule has 0 saturated carbocycles. The summed E-state index contributed by atoms with van der Waals surface area (Å²) in [4.78, 5) is 8.01. The molecule has 0 amide bonds. The average molecular weight is 211 g/mol. The molecule has 4 heteroatoms. The lowest BCUT2D eigenvalue weighted by Gasteiger charge is -2.33. The number of nitrogens with two attached hydrogens (primary N) is 1. The molecule has 3 nitrogen and oxygen atoms in total. The van der Waals surface area contributed by atoms with Gasteiger partial charge in [0.25, 0.3) is 0 Å². The molecule has 1 aliphatic heterocycles. The second kappa shape index (κ2) is 4.28. The van der Waals surface area contributed by atoms with Crippen LogP contribution in [0.15, 0.2) is 6.20 Å². The van der Waals surface area contributed by atoms with Gasteiger partial charge in [0.05, 0.1) is 0 Å². The second-order valence-electron chi connectivity index (χ2n) is 3.85. The van der Waals surface area contributed by atoms with E-state index in [1.54, 1.807) is 11.3 Å². The van der Waals surface area contributed by atoms with Gasteiger partial charge >= 0.3 is 0 Å². The molecule has 0 bridgehead atoms. The Balaban J connectivity index is 2.12. The van der Waals surface area contributed by atoms with Crippen molar-refractivity contribution in [3.8, 4) is 0 Å². The van der Waals surface area contributed by atoms with E-state index in [-0.39, 0.29) is 0 Å². The van der Waals surface area contributed by atoms with Crippen LogP contribution in [0.25, 0.3) is 0 Å². The van der Waals surface area contributed by atoms with E-state index >= 15 is 0 Å². The lowest BCUT2D eigenvalue weighted by atomic mass is 10.1. The van der Waals surface area contributed by atoms with Crippen molar-refractivity contribution in [3.05, 3.63) is 11.1 Å². The molecule has 2 heterocycles. The van der Waals surface area contributed by atoms with Gasteiger partial charge in [-0.15, -0.1) is 11.3 Å². The van der Waals surface area contributed by atoms with Crippen molar-refractivity contribution in [2.24, 2.45) is 5.73 Å². The van der Waals surface area contributed by atoms with E-state index in [0.29, 0.717) is 12.6 Å². The van der Waals surface area contributed by atoms with Gasteiger partial charge < -0.3 is 10.6 Å². The fraction of sp³-hybridized carbons (Fsp3) is 0.700. The summed E-state index contributed by atoms with van der Waals surface area (Å²) < 4.78 is 0. The highest BCUT2D eigenvalue weighted by Crippen LogP contribution is 2.28. The first kappa shape index (κ1) is 9.93. The number of nitrogens with zero attached hydrogens (tertiary/aromatic N) is 2. The molecule has 1 fully saturated rings. The van der Waals surface area contributed by atoms with E-state index in [0.717, 1.165) is 11.7 Å².